The molecule has 0 bridgehead atoms. The molecule has 0 aliphatic heterocycles. The van der Waals surface area contributed by atoms with E-state index in [9.17, 15) is 4.32 Å². The van der Waals surface area contributed by atoms with E-state index >= 15 is 0 Å². The van der Waals surface area contributed by atoms with Crippen molar-refractivity contribution in [2.45, 2.75) is 6.61 Å². The molecular formula is C13H12BFO. The van der Waals surface area contributed by atoms with E-state index in [1.165, 1.54) is 0 Å². The van der Waals surface area contributed by atoms with Crippen molar-refractivity contribution in [3.05, 3.63) is 60.2 Å². The molecule has 2 aromatic carbocycles. The van der Waals surface area contributed by atoms with E-state index in [1.54, 1.807) is 24.3 Å². The van der Waals surface area contributed by atoms with Gasteiger partial charge >= 0.3 is 7.56 Å². The molecule has 0 fully saturated rings. The molecule has 0 radical (unpaired) electrons. The second-order valence-corrected chi connectivity index (χ2v) is 3.55. The lowest BCUT2D eigenvalue weighted by Crippen LogP contribution is -2.08. The third-order valence-corrected chi connectivity index (χ3v) is 2.33. The van der Waals surface area contributed by atoms with Crippen LogP contribution < -0.4 is 10.2 Å². The quantitative estimate of drug-likeness (QED) is 0.709. The summed E-state index contributed by atoms with van der Waals surface area (Å²) in [6.07, 6.45) is 0. The molecule has 0 heterocycles. The molecule has 16 heavy (non-hydrogen) atoms. The van der Waals surface area contributed by atoms with E-state index in [0.29, 0.717) is 12.1 Å². The lowest BCUT2D eigenvalue weighted by atomic mass is 9.92. The SMILES string of the molecule is FBc1ccc(OCc2ccccc2)cc1. The van der Waals surface area contributed by atoms with Crippen LogP contribution in [0.2, 0.25) is 0 Å². The number of ether oxygens (including phenoxy) is 1. The van der Waals surface area contributed by atoms with Crippen molar-refractivity contribution >= 4 is 13.0 Å². The van der Waals surface area contributed by atoms with E-state index < -0.39 is 7.56 Å². The van der Waals surface area contributed by atoms with Crippen LogP contribution in [0.1, 0.15) is 5.56 Å². The molecule has 0 aromatic heterocycles. The predicted octanol–water partition coefficient (Wildman–Crippen LogP) is 2.21. The summed E-state index contributed by atoms with van der Waals surface area (Å²) in [7, 11) is -0.432. The number of hydrogen-bond acceptors (Lipinski definition) is 1. The Balaban J connectivity index is 1.94. The van der Waals surface area contributed by atoms with Gasteiger partial charge in [0, 0.05) is 0 Å². The van der Waals surface area contributed by atoms with Gasteiger partial charge in [0.05, 0.1) is 0 Å². The Morgan fingerprint density at radius 3 is 2.25 bits per heavy atom. The highest BCUT2D eigenvalue weighted by molar-refractivity contribution is 6.46. The lowest BCUT2D eigenvalue weighted by molar-refractivity contribution is 0.306. The molecule has 80 valence electrons. The second kappa shape index (κ2) is 5.35. The van der Waals surface area contributed by atoms with Crippen LogP contribution in [0.4, 0.5) is 4.32 Å². The fourth-order valence-electron chi connectivity index (χ4n) is 1.42. The van der Waals surface area contributed by atoms with Crippen LogP contribution in [-0.4, -0.2) is 7.56 Å². The van der Waals surface area contributed by atoms with Gasteiger partial charge in [-0.25, -0.2) is 0 Å². The molecule has 0 amide bonds. The zero-order valence-corrected chi connectivity index (χ0v) is 8.90. The maximum absolute atomic E-state index is 12.3. The average Bonchev–Trinajstić information content (AvgIpc) is 2.38. The summed E-state index contributed by atoms with van der Waals surface area (Å²) in [4.78, 5) is 0. The second-order valence-electron chi connectivity index (χ2n) is 3.55. The smallest absolute Gasteiger partial charge is 0.364 e. The van der Waals surface area contributed by atoms with Crippen molar-refractivity contribution in [1.82, 2.24) is 0 Å². The molecule has 3 heteroatoms. The van der Waals surface area contributed by atoms with Gasteiger partial charge in [0.25, 0.3) is 0 Å². The summed E-state index contributed by atoms with van der Waals surface area (Å²) in [5.74, 6) is 0.765. The minimum absolute atomic E-state index is 0.432. The summed E-state index contributed by atoms with van der Waals surface area (Å²) < 4.78 is 17.8. The van der Waals surface area contributed by atoms with Gasteiger partial charge in [-0.3, -0.25) is 0 Å². The summed E-state index contributed by atoms with van der Waals surface area (Å²) in [5, 5.41) is 0. The fraction of sp³-hybridized carbons (Fsp3) is 0.0769. The molecule has 0 saturated carbocycles. The Bertz CT molecular complexity index is 427. The highest BCUT2D eigenvalue weighted by atomic mass is 19.1. The van der Waals surface area contributed by atoms with Crippen LogP contribution in [-0.2, 0) is 6.61 Å². The molecule has 0 saturated heterocycles. The molecule has 0 aliphatic carbocycles. The van der Waals surface area contributed by atoms with Crippen LogP contribution >= 0.6 is 0 Å². The zero-order chi connectivity index (χ0) is 11.2. The Kier molecular flexibility index (Phi) is 3.60. The van der Waals surface area contributed by atoms with Crippen LogP contribution in [0.25, 0.3) is 0 Å². The van der Waals surface area contributed by atoms with Crippen molar-refractivity contribution in [3.63, 3.8) is 0 Å². The summed E-state index contributed by atoms with van der Waals surface area (Å²) in [6, 6.07) is 17.0. The number of benzene rings is 2. The summed E-state index contributed by atoms with van der Waals surface area (Å²) in [5.41, 5.74) is 1.80. The van der Waals surface area contributed by atoms with Gasteiger partial charge in [-0.1, -0.05) is 42.5 Å². The average molecular weight is 214 g/mol. The number of rotatable bonds is 4. The Hall–Kier alpha value is -1.77. The first-order valence-corrected chi connectivity index (χ1v) is 5.20. The molecule has 0 N–H and O–H groups in total. The molecule has 0 atom stereocenters. The first-order valence-electron chi connectivity index (χ1n) is 5.20. The van der Waals surface area contributed by atoms with Crippen molar-refractivity contribution in [3.8, 4) is 5.75 Å². The molecule has 0 unspecified atom stereocenters. The van der Waals surface area contributed by atoms with E-state index in [1.807, 2.05) is 30.3 Å². The van der Waals surface area contributed by atoms with E-state index in [2.05, 4.69) is 0 Å². The first kappa shape index (κ1) is 10.7. The summed E-state index contributed by atoms with van der Waals surface area (Å²) in [6.45, 7) is 0.538. The van der Waals surface area contributed by atoms with Gasteiger partial charge in [-0.05, 0) is 23.2 Å². The molecule has 0 aliphatic rings. The number of halogens is 1. The van der Waals surface area contributed by atoms with Crippen LogP contribution in [0, 0.1) is 0 Å². The summed E-state index contributed by atoms with van der Waals surface area (Å²) >= 11 is 0. The fourth-order valence-corrected chi connectivity index (χ4v) is 1.42. The standard InChI is InChI=1S/C13H12BFO/c15-14-12-6-8-13(9-7-12)16-10-11-4-2-1-3-5-11/h1-9,14H,10H2. The van der Waals surface area contributed by atoms with Gasteiger partial charge in [0.2, 0.25) is 0 Å². The van der Waals surface area contributed by atoms with Gasteiger partial charge in [-0.15, -0.1) is 0 Å². The minimum atomic E-state index is -0.432. The first-order chi connectivity index (χ1) is 7.88. The highest BCUT2D eigenvalue weighted by Crippen LogP contribution is 2.10. The van der Waals surface area contributed by atoms with Crippen LogP contribution in [0.5, 0.6) is 5.75 Å². The highest BCUT2D eigenvalue weighted by Gasteiger charge is 1.97. The minimum Gasteiger partial charge on any atom is -0.489 e. The van der Waals surface area contributed by atoms with E-state index in [4.69, 9.17) is 4.74 Å². The van der Waals surface area contributed by atoms with Crippen molar-refractivity contribution in [1.29, 1.82) is 0 Å². The lowest BCUT2D eigenvalue weighted by Gasteiger charge is -2.06. The molecule has 1 nitrogen and oxygen atoms in total. The molecule has 2 aromatic rings. The molecule has 2 rings (SSSR count). The maximum atomic E-state index is 12.3. The van der Waals surface area contributed by atoms with Crippen molar-refractivity contribution < 1.29 is 9.05 Å². The maximum Gasteiger partial charge on any atom is 0.364 e. The Labute approximate surface area is 95.2 Å². The Morgan fingerprint density at radius 2 is 1.62 bits per heavy atom. The largest absolute Gasteiger partial charge is 0.489 e. The van der Waals surface area contributed by atoms with E-state index in [0.717, 1.165) is 11.3 Å². The van der Waals surface area contributed by atoms with Gasteiger partial charge in [-0.2, -0.15) is 0 Å². The van der Waals surface area contributed by atoms with Crippen molar-refractivity contribution in [2.75, 3.05) is 0 Å². The van der Waals surface area contributed by atoms with Gasteiger partial charge < -0.3 is 9.05 Å². The van der Waals surface area contributed by atoms with Crippen LogP contribution in [0.3, 0.4) is 0 Å². The number of hydrogen-bond donors (Lipinski definition) is 0. The normalized spacial score (nSPS) is 9.81. The van der Waals surface area contributed by atoms with Crippen molar-refractivity contribution in [2.24, 2.45) is 0 Å². The van der Waals surface area contributed by atoms with Crippen LogP contribution in [0.15, 0.2) is 54.6 Å². The topological polar surface area (TPSA) is 9.23 Å². The Morgan fingerprint density at radius 1 is 0.938 bits per heavy atom. The zero-order valence-electron chi connectivity index (χ0n) is 8.90. The molecular weight excluding hydrogens is 202 g/mol. The van der Waals surface area contributed by atoms with Gasteiger partial charge in [0.15, 0.2) is 0 Å². The monoisotopic (exact) mass is 214 g/mol. The third-order valence-electron chi connectivity index (χ3n) is 2.33. The third kappa shape index (κ3) is 2.86. The predicted molar refractivity (Wildman–Crippen MR) is 65.1 cm³/mol. The van der Waals surface area contributed by atoms with Gasteiger partial charge in [0.1, 0.15) is 12.4 Å². The molecule has 0 spiro atoms. The van der Waals surface area contributed by atoms with E-state index in [-0.39, 0.29) is 0 Å².